The minimum Gasteiger partial charge on any atom is -0.497 e. The molecule has 1 aromatic heterocycles. The summed E-state index contributed by atoms with van der Waals surface area (Å²) in [7, 11) is 1.60. The van der Waals surface area contributed by atoms with E-state index in [-0.39, 0.29) is 29.5 Å². The van der Waals surface area contributed by atoms with Crippen LogP contribution in [0.1, 0.15) is 15.9 Å². The van der Waals surface area contributed by atoms with Gasteiger partial charge in [-0.1, -0.05) is 66.4 Å². The number of benzene rings is 3. The van der Waals surface area contributed by atoms with Crippen LogP contribution in [0.5, 0.6) is 5.75 Å². The quantitative estimate of drug-likeness (QED) is 0.227. The third-order valence-electron chi connectivity index (χ3n) is 5.20. The molecule has 4 aromatic rings. The Balaban J connectivity index is 1.51. The number of rotatable bonds is 9. The number of nitrogens with zero attached hydrogens (tertiary/aromatic N) is 2. The second-order valence-electron chi connectivity index (χ2n) is 7.51. The van der Waals surface area contributed by atoms with Crippen LogP contribution in [-0.2, 0) is 11.3 Å². The fourth-order valence-electron chi connectivity index (χ4n) is 3.40. The van der Waals surface area contributed by atoms with Gasteiger partial charge in [0.15, 0.2) is 10.9 Å². The molecule has 0 aliphatic heterocycles. The van der Waals surface area contributed by atoms with Crippen molar-refractivity contribution in [2.24, 2.45) is 0 Å². The molecule has 1 N–H and O–H groups in total. The number of fused-ring (bicyclic) bond motifs is 1. The van der Waals surface area contributed by atoms with Crippen LogP contribution in [0.4, 0.5) is 0 Å². The zero-order valence-electron chi connectivity index (χ0n) is 18.6. The predicted molar refractivity (Wildman–Crippen MR) is 133 cm³/mol. The van der Waals surface area contributed by atoms with Crippen LogP contribution in [0, 0.1) is 0 Å². The van der Waals surface area contributed by atoms with E-state index in [1.54, 1.807) is 54.1 Å². The van der Waals surface area contributed by atoms with Crippen LogP contribution < -0.4 is 15.6 Å². The highest BCUT2D eigenvalue weighted by Gasteiger charge is 2.15. The van der Waals surface area contributed by atoms with Gasteiger partial charge in [-0.2, -0.15) is 0 Å². The zero-order valence-corrected chi connectivity index (χ0v) is 19.4. The number of ketones is 1. The van der Waals surface area contributed by atoms with Crippen molar-refractivity contribution in [2.75, 3.05) is 19.4 Å². The van der Waals surface area contributed by atoms with Crippen molar-refractivity contribution in [3.63, 3.8) is 0 Å². The molecule has 3 aromatic carbocycles. The summed E-state index contributed by atoms with van der Waals surface area (Å²) in [6, 6.07) is 23.4. The van der Waals surface area contributed by atoms with Crippen LogP contribution in [0.2, 0.25) is 0 Å². The van der Waals surface area contributed by atoms with Gasteiger partial charge in [0.05, 0.1) is 36.9 Å². The van der Waals surface area contributed by atoms with Crippen molar-refractivity contribution < 1.29 is 14.3 Å². The number of thioether (sulfide) groups is 1. The number of Topliss-reactive ketones (excluding diaryl/α,β-unsaturated/α-hetero) is 1. The van der Waals surface area contributed by atoms with Crippen molar-refractivity contribution in [3.05, 3.63) is 100 Å². The lowest BCUT2D eigenvalue weighted by Gasteiger charge is -2.13. The topological polar surface area (TPSA) is 90.3 Å². The van der Waals surface area contributed by atoms with Crippen molar-refractivity contribution >= 4 is 34.4 Å². The van der Waals surface area contributed by atoms with Crippen LogP contribution in [0.25, 0.3) is 10.9 Å². The number of carbonyl (C=O) groups excluding carboxylic acids is 2. The molecule has 0 atom stereocenters. The van der Waals surface area contributed by atoms with E-state index < -0.39 is 0 Å². The van der Waals surface area contributed by atoms with Gasteiger partial charge in [-0.15, -0.1) is 0 Å². The molecule has 4 rings (SSSR count). The molecule has 0 aliphatic rings. The second-order valence-corrected chi connectivity index (χ2v) is 8.45. The molecule has 0 saturated carbocycles. The first-order chi connectivity index (χ1) is 16.5. The van der Waals surface area contributed by atoms with Crippen LogP contribution >= 0.6 is 11.8 Å². The predicted octanol–water partition coefficient (Wildman–Crippen LogP) is 3.54. The molecule has 0 fully saturated rings. The zero-order chi connectivity index (χ0) is 23.9. The molecule has 0 unspecified atom stereocenters. The normalized spacial score (nSPS) is 10.7. The van der Waals surface area contributed by atoms with E-state index in [0.717, 1.165) is 23.1 Å². The van der Waals surface area contributed by atoms with Crippen molar-refractivity contribution in [3.8, 4) is 5.75 Å². The Kier molecular flexibility index (Phi) is 7.39. The van der Waals surface area contributed by atoms with Crippen molar-refractivity contribution in [1.82, 2.24) is 14.9 Å². The molecule has 8 heteroatoms. The fraction of sp³-hybridized carbons (Fsp3) is 0.154. The molecule has 34 heavy (non-hydrogen) atoms. The maximum atomic E-state index is 13.2. The number of ether oxygens (including phenoxy) is 1. The van der Waals surface area contributed by atoms with Gasteiger partial charge in [0, 0.05) is 5.56 Å². The Bertz CT molecular complexity index is 1370. The molecule has 172 valence electrons. The highest BCUT2D eigenvalue weighted by Crippen LogP contribution is 2.20. The van der Waals surface area contributed by atoms with Crippen LogP contribution in [-0.4, -0.2) is 40.6 Å². The summed E-state index contributed by atoms with van der Waals surface area (Å²) in [5, 5.41) is 3.59. The van der Waals surface area contributed by atoms with Crippen LogP contribution in [0.15, 0.2) is 88.8 Å². The summed E-state index contributed by atoms with van der Waals surface area (Å²) in [5.41, 5.74) is 1.84. The minimum atomic E-state index is -0.312. The number of hydrogen-bond acceptors (Lipinski definition) is 6. The summed E-state index contributed by atoms with van der Waals surface area (Å²) in [5.74, 6) is 0.270. The van der Waals surface area contributed by atoms with E-state index >= 15 is 0 Å². The van der Waals surface area contributed by atoms with Gasteiger partial charge in [-0.25, -0.2) is 4.98 Å². The third-order valence-corrected chi connectivity index (χ3v) is 6.18. The smallest absolute Gasteiger partial charge is 0.262 e. The number of methoxy groups -OCH3 is 1. The van der Waals surface area contributed by atoms with Gasteiger partial charge in [-0.05, 0) is 29.8 Å². The maximum Gasteiger partial charge on any atom is 0.262 e. The van der Waals surface area contributed by atoms with Gasteiger partial charge >= 0.3 is 0 Å². The largest absolute Gasteiger partial charge is 0.497 e. The van der Waals surface area contributed by atoms with Crippen LogP contribution in [0.3, 0.4) is 0 Å². The number of amides is 1. The Morgan fingerprint density at radius 1 is 0.971 bits per heavy atom. The number of carbonyl (C=O) groups is 2. The minimum absolute atomic E-state index is 0.0233. The molecule has 0 aliphatic carbocycles. The maximum absolute atomic E-state index is 13.2. The summed E-state index contributed by atoms with van der Waals surface area (Å²) in [6.07, 6.45) is 0. The number of para-hydroxylation sites is 1. The number of nitrogens with one attached hydrogen (secondary N) is 1. The van der Waals surface area contributed by atoms with Gasteiger partial charge in [0.25, 0.3) is 5.56 Å². The van der Waals surface area contributed by atoms with E-state index in [2.05, 4.69) is 10.3 Å². The standard InChI is InChI=1S/C26H23N3O4S/c1-33-20-13-11-18(12-14-20)16-29-25(32)21-9-5-6-10-22(21)28-26(29)34-17-24(31)27-15-23(30)19-7-3-2-4-8-19/h2-14H,15-17H2,1H3,(H,27,31). The van der Waals surface area contributed by atoms with E-state index in [0.29, 0.717) is 28.2 Å². The third kappa shape index (κ3) is 5.52. The first-order valence-corrected chi connectivity index (χ1v) is 11.6. The molecular weight excluding hydrogens is 450 g/mol. The lowest BCUT2D eigenvalue weighted by Crippen LogP contribution is -2.31. The highest BCUT2D eigenvalue weighted by molar-refractivity contribution is 7.99. The van der Waals surface area contributed by atoms with Gasteiger partial charge in [-0.3, -0.25) is 19.0 Å². The average molecular weight is 474 g/mol. The molecular formula is C26H23N3O4S. The Morgan fingerprint density at radius 3 is 2.41 bits per heavy atom. The summed E-state index contributed by atoms with van der Waals surface area (Å²) in [6.45, 7) is 0.213. The molecule has 7 nitrogen and oxygen atoms in total. The number of hydrogen-bond donors (Lipinski definition) is 1. The molecule has 0 spiro atoms. The molecule has 0 radical (unpaired) electrons. The first-order valence-electron chi connectivity index (χ1n) is 10.7. The lowest BCUT2D eigenvalue weighted by atomic mass is 10.1. The SMILES string of the molecule is COc1ccc(Cn2c(SCC(=O)NCC(=O)c3ccccc3)nc3ccccc3c2=O)cc1. The summed E-state index contributed by atoms with van der Waals surface area (Å²) < 4.78 is 6.77. The van der Waals surface area contributed by atoms with Gasteiger partial charge in [0.1, 0.15) is 5.75 Å². The Labute approximate surface area is 200 Å². The molecule has 1 amide bonds. The number of aromatic nitrogens is 2. The van der Waals surface area contributed by atoms with E-state index in [1.807, 2.05) is 36.4 Å². The lowest BCUT2D eigenvalue weighted by molar-refractivity contribution is -0.118. The van der Waals surface area contributed by atoms with Gasteiger partial charge < -0.3 is 10.1 Å². The fourth-order valence-corrected chi connectivity index (χ4v) is 4.23. The van der Waals surface area contributed by atoms with E-state index in [1.165, 1.54) is 0 Å². The monoisotopic (exact) mass is 473 g/mol. The molecule has 1 heterocycles. The molecule has 0 bridgehead atoms. The van der Waals surface area contributed by atoms with E-state index in [9.17, 15) is 14.4 Å². The average Bonchev–Trinajstić information content (AvgIpc) is 2.88. The molecule has 0 saturated heterocycles. The van der Waals surface area contributed by atoms with Crippen molar-refractivity contribution in [1.29, 1.82) is 0 Å². The highest BCUT2D eigenvalue weighted by atomic mass is 32.2. The van der Waals surface area contributed by atoms with Gasteiger partial charge in [0.2, 0.25) is 5.91 Å². The first kappa shape index (κ1) is 23.3. The summed E-state index contributed by atoms with van der Waals surface area (Å²) in [4.78, 5) is 42.5. The summed E-state index contributed by atoms with van der Waals surface area (Å²) >= 11 is 1.16. The second kappa shape index (κ2) is 10.8. The Morgan fingerprint density at radius 2 is 1.68 bits per heavy atom. The van der Waals surface area contributed by atoms with Crippen molar-refractivity contribution in [2.45, 2.75) is 11.7 Å². The Hall–Kier alpha value is -3.91. The van der Waals surface area contributed by atoms with E-state index in [4.69, 9.17) is 4.74 Å².